The molecule has 6 nitrogen and oxygen atoms in total. The molecule has 0 aliphatic heterocycles. The van der Waals surface area contributed by atoms with Crippen LogP contribution in [0.4, 0.5) is 0 Å². The van der Waals surface area contributed by atoms with Crippen LogP contribution < -0.4 is 0 Å². The largest absolute Gasteiger partial charge is 0.389 e. The molecule has 0 bridgehead atoms. The van der Waals surface area contributed by atoms with Crippen LogP contribution in [0, 0.1) is 41.5 Å². The van der Waals surface area contributed by atoms with Gasteiger partial charge in [-0.25, -0.2) is 0 Å². The second-order valence-corrected chi connectivity index (χ2v) is 9.02. The van der Waals surface area contributed by atoms with Crippen LogP contribution in [0.15, 0.2) is 45.4 Å². The van der Waals surface area contributed by atoms with Gasteiger partial charge in [0.25, 0.3) is 0 Å². The minimum absolute atomic E-state index is 0. The van der Waals surface area contributed by atoms with Crippen LogP contribution in [-0.2, 0) is 86.5 Å². The molecule has 2 aromatic heterocycles. The zero-order valence-electron chi connectivity index (χ0n) is 22.8. The first kappa shape index (κ1) is 36.7. The van der Waals surface area contributed by atoms with E-state index in [9.17, 15) is 10.2 Å². The third kappa shape index (κ3) is 9.38. The quantitative estimate of drug-likeness (QED) is 0.240. The van der Waals surface area contributed by atoms with Crippen molar-refractivity contribution in [1.29, 1.82) is 0 Å². The van der Waals surface area contributed by atoms with Gasteiger partial charge >= 0.3 is 0 Å². The fourth-order valence-corrected chi connectivity index (χ4v) is 4.19. The predicted molar refractivity (Wildman–Crippen MR) is 134 cm³/mol. The van der Waals surface area contributed by atoms with Crippen LogP contribution in [0.3, 0.4) is 0 Å². The molecule has 2 heterocycles. The van der Waals surface area contributed by atoms with Crippen LogP contribution in [-0.4, -0.2) is 20.5 Å². The molecule has 2 atom stereocenters. The zero-order chi connectivity index (χ0) is 25.2. The monoisotopic (exact) mass is 824 g/mol. The number of aliphatic hydroxyl groups excluding tert-OH is 2. The molecule has 0 aliphatic carbocycles. The van der Waals surface area contributed by atoms with Crippen molar-refractivity contribution in [2.75, 3.05) is 0 Å². The summed E-state index contributed by atoms with van der Waals surface area (Å²) in [5.74, 6) is 1.62. The number of hydrogen-bond donors (Lipinski definition) is 2. The Hall–Kier alpha value is -0.324. The van der Waals surface area contributed by atoms with E-state index < -0.39 is 12.2 Å². The summed E-state index contributed by atoms with van der Waals surface area (Å²) in [5.41, 5.74) is 9.99. The van der Waals surface area contributed by atoms with Crippen molar-refractivity contribution < 1.29 is 106 Å². The van der Waals surface area contributed by atoms with Crippen LogP contribution in [0.25, 0.3) is 22.3 Å². The van der Waals surface area contributed by atoms with Gasteiger partial charge in [0.2, 0.25) is 0 Å². The van der Waals surface area contributed by atoms with Crippen LogP contribution >= 0.6 is 0 Å². The molecule has 0 spiro atoms. The fraction of sp³-hybridized carbons (Fsp3) is 0.357. The molecule has 0 saturated carbocycles. The van der Waals surface area contributed by atoms with Gasteiger partial charge in [-0.2, -0.15) is 0 Å². The van der Waals surface area contributed by atoms with Crippen molar-refractivity contribution in [2.24, 2.45) is 0 Å². The van der Waals surface area contributed by atoms with E-state index >= 15 is 0 Å². The van der Waals surface area contributed by atoms with Crippen molar-refractivity contribution >= 4 is 0 Å². The zero-order valence-corrected chi connectivity index (χ0v) is 31.4. The molecule has 0 amide bonds. The first-order valence-electron chi connectivity index (χ1n) is 11.4. The van der Waals surface area contributed by atoms with E-state index in [1.54, 1.807) is 13.8 Å². The number of rotatable bonds is 4. The molecule has 0 saturated heterocycles. The van der Waals surface area contributed by atoms with E-state index in [0.717, 1.165) is 67.4 Å². The van der Waals surface area contributed by atoms with Crippen LogP contribution in [0.1, 0.15) is 71.2 Å². The van der Waals surface area contributed by atoms with Gasteiger partial charge in [0.15, 0.2) is 0 Å². The molecular weight excluding hydrogens is 790 g/mol. The molecule has 4 rings (SSSR count). The Balaban J connectivity index is 0.000000648. The fourth-order valence-electron chi connectivity index (χ4n) is 4.19. The second-order valence-electron chi connectivity index (χ2n) is 9.02. The van der Waals surface area contributed by atoms with Gasteiger partial charge < -0.3 is 19.3 Å². The standard InChI is InChI=1S/2C14H17NO2.W.2Y/c2*1-8-5-12(10(3)16)7-13(6-8)14-9(2)15-17-11(14)4;;;/h2*5-7,10,16H,1-4H3;;;. The summed E-state index contributed by atoms with van der Waals surface area (Å²) in [7, 11) is 0. The van der Waals surface area contributed by atoms with Gasteiger partial charge in [-0.3, -0.25) is 0 Å². The number of aromatic nitrogens is 2. The average Bonchev–Trinajstić information content (AvgIpc) is 3.27. The summed E-state index contributed by atoms with van der Waals surface area (Å²) in [6.07, 6.45) is -0.928. The van der Waals surface area contributed by atoms with E-state index in [2.05, 4.69) is 22.4 Å². The van der Waals surface area contributed by atoms with Gasteiger partial charge in [0.05, 0.1) is 23.6 Å². The number of nitrogens with zero attached hydrogens (tertiary/aromatic N) is 2. The summed E-state index contributed by atoms with van der Waals surface area (Å²) < 4.78 is 10.4. The van der Waals surface area contributed by atoms with Gasteiger partial charge in [-0.05, 0) is 89.8 Å². The molecule has 0 fully saturated rings. The Morgan fingerprint density at radius 3 is 1.16 bits per heavy atom. The van der Waals surface area contributed by atoms with Gasteiger partial charge in [-0.1, -0.05) is 45.7 Å². The molecule has 37 heavy (non-hydrogen) atoms. The van der Waals surface area contributed by atoms with Gasteiger partial charge in [-0.15, -0.1) is 0 Å². The Morgan fingerprint density at radius 1 is 0.595 bits per heavy atom. The second kappa shape index (κ2) is 16.1. The molecule has 9 heteroatoms. The third-order valence-corrected chi connectivity index (χ3v) is 5.81. The van der Waals surface area contributed by atoms with Crippen molar-refractivity contribution in [1.82, 2.24) is 10.3 Å². The van der Waals surface area contributed by atoms with Crippen molar-refractivity contribution in [2.45, 2.75) is 67.6 Å². The minimum atomic E-state index is -0.464. The SMILES string of the molecule is Cc1cc(-c2c(C)noc2C)cc(C(C)O)c1.Cc1cc(-c2c(C)noc2C)cc(C(C)O)c1.[W].[Y].[Y]. The van der Waals surface area contributed by atoms with Crippen molar-refractivity contribution in [3.63, 3.8) is 0 Å². The molecule has 2 N–H and O–H groups in total. The van der Waals surface area contributed by atoms with Crippen LogP contribution in [0.2, 0.25) is 0 Å². The predicted octanol–water partition coefficient (Wildman–Crippen LogP) is 6.63. The summed E-state index contributed by atoms with van der Waals surface area (Å²) >= 11 is 0. The van der Waals surface area contributed by atoms with E-state index in [0.29, 0.717) is 0 Å². The Morgan fingerprint density at radius 2 is 0.919 bits per heavy atom. The Kier molecular flexibility index (Phi) is 15.9. The molecule has 2 radical (unpaired) electrons. The molecule has 192 valence electrons. The Bertz CT molecular complexity index is 1160. The summed E-state index contributed by atoms with van der Waals surface area (Å²) in [5, 5.41) is 27.3. The van der Waals surface area contributed by atoms with Gasteiger partial charge in [0, 0.05) is 97.6 Å². The maximum absolute atomic E-state index is 9.67. The number of aryl methyl sites for hydroxylation is 6. The number of aliphatic hydroxyl groups is 2. The smallest absolute Gasteiger partial charge is 0.141 e. The number of hydrogen-bond acceptors (Lipinski definition) is 6. The normalized spacial score (nSPS) is 11.7. The summed E-state index contributed by atoms with van der Waals surface area (Å²) in [6, 6.07) is 12.1. The summed E-state index contributed by atoms with van der Waals surface area (Å²) in [6.45, 7) is 15.2. The molecule has 4 aromatic rings. The van der Waals surface area contributed by atoms with Crippen molar-refractivity contribution in [3.05, 3.63) is 81.6 Å². The van der Waals surface area contributed by atoms with E-state index in [-0.39, 0.29) is 86.5 Å². The molecular formula is C28H34N2O4WY2. The minimum Gasteiger partial charge on any atom is -0.389 e. The molecule has 2 unspecified atom stereocenters. The summed E-state index contributed by atoms with van der Waals surface area (Å²) in [4.78, 5) is 0. The number of benzene rings is 2. The maximum atomic E-state index is 9.67. The van der Waals surface area contributed by atoms with E-state index in [1.807, 2.05) is 65.8 Å². The third-order valence-electron chi connectivity index (χ3n) is 5.81. The van der Waals surface area contributed by atoms with E-state index in [1.165, 1.54) is 0 Å². The molecule has 2 aromatic carbocycles. The maximum Gasteiger partial charge on any atom is 0.141 e. The topological polar surface area (TPSA) is 92.5 Å². The Labute approximate surface area is 284 Å². The van der Waals surface area contributed by atoms with E-state index in [4.69, 9.17) is 9.05 Å². The first-order chi connectivity index (χ1) is 16.0. The van der Waals surface area contributed by atoms with Crippen molar-refractivity contribution in [3.8, 4) is 22.3 Å². The van der Waals surface area contributed by atoms with Crippen LogP contribution in [0.5, 0.6) is 0 Å². The molecule has 0 aliphatic rings. The van der Waals surface area contributed by atoms with Gasteiger partial charge in [0.1, 0.15) is 11.5 Å². The average molecular weight is 824 g/mol. The first-order valence-corrected chi connectivity index (χ1v) is 11.4.